The van der Waals surface area contributed by atoms with Gasteiger partial charge in [0.1, 0.15) is 17.3 Å². The normalized spacial score (nSPS) is 10.5. The van der Waals surface area contributed by atoms with Crippen molar-refractivity contribution in [3.63, 3.8) is 0 Å². The van der Waals surface area contributed by atoms with Crippen molar-refractivity contribution < 1.29 is 18.0 Å². The number of furan rings is 1. The molecular formula is C13H10F2O2. The third-order valence-corrected chi connectivity index (χ3v) is 2.30. The Morgan fingerprint density at radius 2 is 2.00 bits per heavy atom. The smallest absolute Gasteiger partial charge is 0.169 e. The summed E-state index contributed by atoms with van der Waals surface area (Å²) in [5, 5.41) is 0. The molecule has 1 heterocycles. The van der Waals surface area contributed by atoms with Gasteiger partial charge in [0.15, 0.2) is 11.6 Å². The zero-order valence-electron chi connectivity index (χ0n) is 9.17. The van der Waals surface area contributed by atoms with Crippen LogP contribution in [0.15, 0.2) is 34.7 Å². The number of hydrogen-bond donors (Lipinski definition) is 0. The fourth-order valence-electron chi connectivity index (χ4n) is 1.56. The van der Waals surface area contributed by atoms with E-state index in [9.17, 15) is 13.6 Å². The van der Waals surface area contributed by atoms with Crippen molar-refractivity contribution in [2.24, 2.45) is 0 Å². The summed E-state index contributed by atoms with van der Waals surface area (Å²) in [5.41, 5.74) is 0.0554. The Bertz CT molecular complexity index is 558. The van der Waals surface area contributed by atoms with Gasteiger partial charge in [-0.15, -0.1) is 0 Å². The SMILES string of the molecule is CC(=O)Cc1ccc(-c2cccc(F)c2F)o1. The molecule has 0 bridgehead atoms. The van der Waals surface area contributed by atoms with Crippen molar-refractivity contribution >= 4 is 5.78 Å². The number of carbonyl (C=O) groups excluding carboxylic acids is 1. The first-order chi connectivity index (χ1) is 8.08. The average Bonchev–Trinajstić information content (AvgIpc) is 2.69. The lowest BCUT2D eigenvalue weighted by Crippen LogP contribution is -1.93. The summed E-state index contributed by atoms with van der Waals surface area (Å²) in [7, 11) is 0. The van der Waals surface area contributed by atoms with Gasteiger partial charge in [-0.05, 0) is 31.2 Å². The molecule has 0 unspecified atom stereocenters. The van der Waals surface area contributed by atoms with E-state index in [0.29, 0.717) is 5.76 Å². The van der Waals surface area contributed by atoms with E-state index in [0.717, 1.165) is 6.07 Å². The summed E-state index contributed by atoms with van der Waals surface area (Å²) in [5.74, 6) is -1.26. The van der Waals surface area contributed by atoms with Gasteiger partial charge in [0.2, 0.25) is 0 Å². The molecule has 0 saturated heterocycles. The molecule has 0 saturated carbocycles. The summed E-state index contributed by atoms with van der Waals surface area (Å²) in [4.78, 5) is 10.9. The predicted molar refractivity (Wildman–Crippen MR) is 58.4 cm³/mol. The van der Waals surface area contributed by atoms with E-state index in [1.54, 1.807) is 6.07 Å². The van der Waals surface area contributed by atoms with E-state index >= 15 is 0 Å². The molecule has 2 rings (SSSR count). The standard InChI is InChI=1S/C13H10F2O2/c1-8(16)7-9-5-6-12(17-9)10-3-2-4-11(14)13(10)15/h2-6H,7H2,1H3. The Labute approximate surface area is 96.9 Å². The lowest BCUT2D eigenvalue weighted by atomic mass is 10.1. The van der Waals surface area contributed by atoms with Crippen LogP contribution < -0.4 is 0 Å². The molecule has 0 fully saturated rings. The molecule has 0 amide bonds. The van der Waals surface area contributed by atoms with Crippen LogP contribution >= 0.6 is 0 Å². The summed E-state index contributed by atoms with van der Waals surface area (Å²) >= 11 is 0. The van der Waals surface area contributed by atoms with Gasteiger partial charge in [-0.25, -0.2) is 8.78 Å². The fourth-order valence-corrected chi connectivity index (χ4v) is 1.56. The van der Waals surface area contributed by atoms with Crippen LogP contribution in [-0.2, 0) is 11.2 Å². The maximum absolute atomic E-state index is 13.5. The van der Waals surface area contributed by atoms with Crippen molar-refractivity contribution in [3.8, 4) is 11.3 Å². The molecule has 2 aromatic rings. The largest absolute Gasteiger partial charge is 0.461 e. The van der Waals surface area contributed by atoms with Crippen molar-refractivity contribution in [2.75, 3.05) is 0 Å². The van der Waals surface area contributed by atoms with Gasteiger partial charge in [-0.2, -0.15) is 0 Å². The van der Waals surface area contributed by atoms with Crippen LogP contribution in [-0.4, -0.2) is 5.78 Å². The summed E-state index contributed by atoms with van der Waals surface area (Å²) in [6, 6.07) is 6.98. The molecule has 1 aromatic carbocycles. The van der Waals surface area contributed by atoms with E-state index in [2.05, 4.69) is 0 Å². The Balaban J connectivity index is 2.37. The first kappa shape index (κ1) is 11.5. The third kappa shape index (κ3) is 2.41. The summed E-state index contributed by atoms with van der Waals surface area (Å²) in [6.07, 6.45) is 0.150. The van der Waals surface area contributed by atoms with Crippen LogP contribution in [0, 0.1) is 11.6 Å². The van der Waals surface area contributed by atoms with Gasteiger partial charge < -0.3 is 4.42 Å². The third-order valence-electron chi connectivity index (χ3n) is 2.30. The van der Waals surface area contributed by atoms with Crippen LogP contribution in [0.5, 0.6) is 0 Å². The van der Waals surface area contributed by atoms with Crippen molar-refractivity contribution in [3.05, 3.63) is 47.7 Å². The molecule has 0 aliphatic carbocycles. The number of hydrogen-bond acceptors (Lipinski definition) is 2. The first-order valence-corrected chi connectivity index (χ1v) is 5.10. The molecule has 0 aliphatic rings. The molecular weight excluding hydrogens is 226 g/mol. The molecule has 1 aromatic heterocycles. The summed E-state index contributed by atoms with van der Waals surface area (Å²) in [6.45, 7) is 1.44. The van der Waals surface area contributed by atoms with Gasteiger partial charge in [-0.3, -0.25) is 4.79 Å². The Kier molecular flexibility index (Phi) is 3.04. The highest BCUT2D eigenvalue weighted by molar-refractivity contribution is 5.77. The Hall–Kier alpha value is -1.97. The molecule has 2 nitrogen and oxygen atoms in total. The van der Waals surface area contributed by atoms with E-state index in [1.165, 1.54) is 25.1 Å². The van der Waals surface area contributed by atoms with Crippen molar-refractivity contribution in [2.45, 2.75) is 13.3 Å². The van der Waals surface area contributed by atoms with E-state index < -0.39 is 11.6 Å². The minimum absolute atomic E-state index is 0.0504. The van der Waals surface area contributed by atoms with Crippen LogP contribution in [0.3, 0.4) is 0 Å². The second-order valence-electron chi connectivity index (χ2n) is 3.75. The minimum Gasteiger partial charge on any atom is -0.461 e. The lowest BCUT2D eigenvalue weighted by molar-refractivity contribution is -0.116. The van der Waals surface area contributed by atoms with Crippen LogP contribution in [0.1, 0.15) is 12.7 Å². The monoisotopic (exact) mass is 236 g/mol. The average molecular weight is 236 g/mol. The Morgan fingerprint density at radius 1 is 1.24 bits per heavy atom. The number of Topliss-reactive ketones (excluding diaryl/α,β-unsaturated/α-hetero) is 1. The van der Waals surface area contributed by atoms with Crippen molar-refractivity contribution in [1.82, 2.24) is 0 Å². The summed E-state index contributed by atoms with van der Waals surface area (Å²) < 4.78 is 31.8. The van der Waals surface area contributed by atoms with Gasteiger partial charge >= 0.3 is 0 Å². The first-order valence-electron chi connectivity index (χ1n) is 5.10. The molecule has 0 atom stereocenters. The molecule has 0 spiro atoms. The van der Waals surface area contributed by atoms with Crippen LogP contribution in [0.2, 0.25) is 0 Å². The second-order valence-corrected chi connectivity index (χ2v) is 3.75. The number of ketones is 1. The fraction of sp³-hybridized carbons (Fsp3) is 0.154. The predicted octanol–water partition coefficient (Wildman–Crippen LogP) is 3.36. The molecule has 17 heavy (non-hydrogen) atoms. The highest BCUT2D eigenvalue weighted by atomic mass is 19.2. The van der Waals surface area contributed by atoms with E-state index in [-0.39, 0.29) is 23.5 Å². The van der Waals surface area contributed by atoms with E-state index in [1.807, 2.05) is 0 Å². The minimum atomic E-state index is -0.948. The van der Waals surface area contributed by atoms with Crippen molar-refractivity contribution in [1.29, 1.82) is 0 Å². The molecule has 88 valence electrons. The molecule has 0 radical (unpaired) electrons. The van der Waals surface area contributed by atoms with Gasteiger partial charge in [0, 0.05) is 0 Å². The van der Waals surface area contributed by atoms with Gasteiger partial charge in [0.05, 0.1) is 12.0 Å². The van der Waals surface area contributed by atoms with Crippen LogP contribution in [0.4, 0.5) is 8.78 Å². The number of benzene rings is 1. The molecule has 4 heteroatoms. The molecule has 0 aliphatic heterocycles. The number of halogens is 2. The molecule has 0 N–H and O–H groups in total. The van der Waals surface area contributed by atoms with Gasteiger partial charge in [-0.1, -0.05) is 6.07 Å². The lowest BCUT2D eigenvalue weighted by Gasteiger charge is -2.00. The Morgan fingerprint density at radius 3 is 2.71 bits per heavy atom. The maximum Gasteiger partial charge on any atom is 0.169 e. The maximum atomic E-state index is 13.5. The van der Waals surface area contributed by atoms with Gasteiger partial charge in [0.25, 0.3) is 0 Å². The van der Waals surface area contributed by atoms with E-state index in [4.69, 9.17) is 4.42 Å². The second kappa shape index (κ2) is 4.49. The quantitative estimate of drug-likeness (QED) is 0.818. The van der Waals surface area contributed by atoms with Crippen LogP contribution in [0.25, 0.3) is 11.3 Å². The zero-order valence-corrected chi connectivity index (χ0v) is 9.17. The highest BCUT2D eigenvalue weighted by Gasteiger charge is 2.13. The number of rotatable bonds is 3. The zero-order chi connectivity index (χ0) is 12.4. The highest BCUT2D eigenvalue weighted by Crippen LogP contribution is 2.26. The number of carbonyl (C=O) groups is 1. The topological polar surface area (TPSA) is 30.2 Å².